The van der Waals surface area contributed by atoms with Crippen LogP contribution in [-0.2, 0) is 10.9 Å². The van der Waals surface area contributed by atoms with Gasteiger partial charge in [-0.25, -0.2) is 10.6 Å². The first kappa shape index (κ1) is 23.3. The van der Waals surface area contributed by atoms with Gasteiger partial charge in [0, 0.05) is 24.3 Å². The molecule has 8 N–H and O–H groups in total. The Morgan fingerprint density at radius 3 is 2.40 bits per heavy atom. The summed E-state index contributed by atoms with van der Waals surface area (Å²) in [5, 5.41) is 6.22. The van der Waals surface area contributed by atoms with E-state index in [0.717, 1.165) is 24.1 Å². The van der Waals surface area contributed by atoms with Gasteiger partial charge in [-0.05, 0) is 42.3 Å². The van der Waals surface area contributed by atoms with Crippen molar-refractivity contribution < 1.29 is 27.5 Å². The van der Waals surface area contributed by atoms with Crippen molar-refractivity contribution in [2.24, 2.45) is 11.0 Å². The van der Waals surface area contributed by atoms with E-state index in [9.17, 15) is 22.8 Å². The van der Waals surface area contributed by atoms with Crippen LogP contribution in [0.4, 0.5) is 24.5 Å². The molecule has 0 unspecified atom stereocenters. The fraction of sp³-hybridized carbons (Fsp3) is 0.222. The highest BCUT2D eigenvalue weighted by molar-refractivity contribution is 7.97. The lowest BCUT2D eigenvalue weighted by molar-refractivity contribution is -0.137. The number of anilines is 2. The van der Waals surface area contributed by atoms with Crippen molar-refractivity contribution >= 4 is 35.2 Å². The molecule has 0 heterocycles. The van der Waals surface area contributed by atoms with Crippen molar-refractivity contribution in [3.8, 4) is 0 Å². The van der Waals surface area contributed by atoms with Gasteiger partial charge in [0.1, 0.15) is 0 Å². The molecule has 1 amide bonds. The van der Waals surface area contributed by atoms with Crippen LogP contribution in [0.2, 0.25) is 0 Å². The average Bonchev–Trinajstić information content (AvgIpc) is 2.69. The quantitative estimate of drug-likeness (QED) is 0.0969. The number of rotatable bonds is 7. The molecular weight excluding hydrogens is 423 g/mol. The van der Waals surface area contributed by atoms with Crippen molar-refractivity contribution in [1.82, 2.24) is 5.01 Å². The topological polar surface area (TPSA) is 151 Å². The van der Waals surface area contributed by atoms with E-state index in [4.69, 9.17) is 27.2 Å². The van der Waals surface area contributed by atoms with E-state index in [1.165, 1.54) is 6.07 Å². The molecule has 0 saturated heterocycles. The number of nitrogen functional groups attached to an aromatic ring is 2. The third-order valence-corrected chi connectivity index (χ3v) is 4.72. The van der Waals surface area contributed by atoms with Crippen LogP contribution in [-0.4, -0.2) is 30.0 Å². The minimum absolute atomic E-state index is 0.0861. The van der Waals surface area contributed by atoms with E-state index in [1.54, 1.807) is 12.1 Å². The van der Waals surface area contributed by atoms with E-state index in [1.807, 2.05) is 0 Å². The lowest BCUT2D eigenvalue weighted by atomic mass is 10.1. The van der Waals surface area contributed by atoms with Gasteiger partial charge in [0.25, 0.3) is 5.91 Å². The largest absolute Gasteiger partial charge is 0.462 e. The number of ether oxygens (including phenoxy) is 1. The number of esters is 1. The molecule has 0 atom stereocenters. The zero-order valence-corrected chi connectivity index (χ0v) is 16.4. The Morgan fingerprint density at radius 1 is 1.07 bits per heavy atom. The highest BCUT2D eigenvalue weighted by Gasteiger charge is 2.32. The van der Waals surface area contributed by atoms with E-state index < -0.39 is 23.6 Å². The number of alkyl halides is 3. The molecule has 0 aromatic heterocycles. The summed E-state index contributed by atoms with van der Waals surface area (Å²) in [4.78, 5) is 24.9. The summed E-state index contributed by atoms with van der Waals surface area (Å²) in [6.07, 6.45) is -4.49. The van der Waals surface area contributed by atoms with Crippen LogP contribution < -0.4 is 22.4 Å². The molecule has 0 aliphatic heterocycles. The molecule has 2 aromatic carbocycles. The van der Waals surface area contributed by atoms with Gasteiger partial charge in [0.2, 0.25) is 0 Å². The van der Waals surface area contributed by atoms with Gasteiger partial charge in [0.15, 0.2) is 0 Å². The molecule has 30 heavy (non-hydrogen) atoms. The summed E-state index contributed by atoms with van der Waals surface area (Å²) in [5.74, 6) is 4.09. The smallest absolute Gasteiger partial charge is 0.416 e. The second kappa shape index (κ2) is 9.69. The summed E-state index contributed by atoms with van der Waals surface area (Å²) in [6, 6.07) is 7.07. The Labute approximate surface area is 174 Å². The van der Waals surface area contributed by atoms with E-state index in [0.29, 0.717) is 21.7 Å². The molecule has 2 rings (SSSR count). The molecule has 12 heteroatoms. The maximum absolute atomic E-state index is 12.8. The van der Waals surface area contributed by atoms with E-state index >= 15 is 0 Å². The van der Waals surface area contributed by atoms with Crippen molar-refractivity contribution in [3.05, 3.63) is 53.1 Å². The number of nitrogens with zero attached hydrogens (tertiary/aromatic N) is 1. The lowest BCUT2D eigenvalue weighted by Gasteiger charge is -2.18. The van der Waals surface area contributed by atoms with Crippen LogP contribution in [0.3, 0.4) is 0 Å². The zero-order chi connectivity index (χ0) is 22.5. The van der Waals surface area contributed by atoms with Crippen LogP contribution in [0.1, 0.15) is 32.7 Å². The standard InChI is InChI=1S/C18H20F3N5O3S/c19-18(20,21)10-5-6-13(22)12(9-10)16(27)26(24)7-2-8-29-17(28)11-3-1-4-14(23)15(11)30-25/h1,3-6,9H,2,7-8,22-25H2. The SMILES string of the molecule is NSc1c(N)cccc1C(=O)OCCCN(N)C(=O)c1cc(C(F)(F)F)ccc1N. The third kappa shape index (κ3) is 5.55. The fourth-order valence-corrected chi connectivity index (χ4v) is 2.98. The monoisotopic (exact) mass is 443 g/mol. The molecule has 0 fully saturated rings. The summed E-state index contributed by atoms with van der Waals surface area (Å²) in [5.41, 5.74) is 10.4. The summed E-state index contributed by atoms with van der Waals surface area (Å²) in [7, 11) is 0. The second-order valence-corrected chi connectivity index (χ2v) is 6.77. The first-order chi connectivity index (χ1) is 14.1. The van der Waals surface area contributed by atoms with Gasteiger partial charge in [-0.15, -0.1) is 0 Å². The highest BCUT2D eigenvalue weighted by Crippen LogP contribution is 2.31. The summed E-state index contributed by atoms with van der Waals surface area (Å²) in [6.45, 7) is -0.182. The molecule has 162 valence electrons. The predicted octanol–water partition coefficient (Wildman–Crippen LogP) is 2.40. The summed E-state index contributed by atoms with van der Waals surface area (Å²) >= 11 is 0.810. The third-order valence-electron chi connectivity index (χ3n) is 4.03. The summed E-state index contributed by atoms with van der Waals surface area (Å²) < 4.78 is 43.7. The predicted molar refractivity (Wildman–Crippen MR) is 107 cm³/mol. The first-order valence-corrected chi connectivity index (χ1v) is 9.39. The van der Waals surface area contributed by atoms with E-state index in [2.05, 4.69) is 0 Å². The van der Waals surface area contributed by atoms with Gasteiger partial charge >= 0.3 is 12.1 Å². The number of carbonyl (C=O) groups is 2. The van der Waals surface area contributed by atoms with Crippen LogP contribution in [0, 0.1) is 0 Å². The minimum atomic E-state index is -4.63. The molecule has 0 spiro atoms. The van der Waals surface area contributed by atoms with Gasteiger partial charge in [-0.1, -0.05) is 6.07 Å². The van der Waals surface area contributed by atoms with Crippen LogP contribution in [0.5, 0.6) is 0 Å². The number of amides is 1. The molecule has 8 nitrogen and oxygen atoms in total. The maximum atomic E-state index is 12.8. The minimum Gasteiger partial charge on any atom is -0.462 e. The van der Waals surface area contributed by atoms with Gasteiger partial charge in [0.05, 0.1) is 28.2 Å². The Bertz CT molecular complexity index is 940. The maximum Gasteiger partial charge on any atom is 0.416 e. The number of halogens is 3. The number of hydrogen-bond donors (Lipinski definition) is 4. The second-order valence-electron chi connectivity index (χ2n) is 6.13. The van der Waals surface area contributed by atoms with Crippen LogP contribution in [0.15, 0.2) is 41.3 Å². The van der Waals surface area contributed by atoms with Crippen molar-refractivity contribution in [1.29, 1.82) is 0 Å². The van der Waals surface area contributed by atoms with Gasteiger partial charge < -0.3 is 16.2 Å². The fourth-order valence-electron chi connectivity index (χ4n) is 2.50. The van der Waals surface area contributed by atoms with Crippen molar-refractivity contribution in [2.75, 3.05) is 24.6 Å². The average molecular weight is 443 g/mol. The molecule has 0 aliphatic carbocycles. The number of carbonyl (C=O) groups excluding carboxylic acids is 2. The van der Waals surface area contributed by atoms with Crippen molar-refractivity contribution in [3.63, 3.8) is 0 Å². The highest BCUT2D eigenvalue weighted by atomic mass is 32.2. The normalized spacial score (nSPS) is 11.2. The van der Waals surface area contributed by atoms with Gasteiger partial charge in [-0.2, -0.15) is 13.2 Å². The Morgan fingerprint density at radius 2 is 1.77 bits per heavy atom. The van der Waals surface area contributed by atoms with Crippen molar-refractivity contribution in [2.45, 2.75) is 17.5 Å². The number of benzene rings is 2. The Kier molecular flexibility index (Phi) is 7.54. The molecule has 0 bridgehead atoms. The number of nitrogens with two attached hydrogens (primary N) is 4. The number of hydrazine groups is 1. The number of hydrogen-bond acceptors (Lipinski definition) is 8. The Balaban J connectivity index is 1.94. The molecule has 0 radical (unpaired) electrons. The zero-order valence-electron chi connectivity index (χ0n) is 15.6. The van der Waals surface area contributed by atoms with Gasteiger partial charge in [-0.3, -0.25) is 14.9 Å². The molecule has 2 aromatic rings. The lowest BCUT2D eigenvalue weighted by Crippen LogP contribution is -2.39. The first-order valence-electron chi connectivity index (χ1n) is 8.52. The molecule has 0 saturated carbocycles. The molecule has 0 aliphatic rings. The van der Waals surface area contributed by atoms with Crippen LogP contribution in [0.25, 0.3) is 0 Å². The van der Waals surface area contributed by atoms with Crippen LogP contribution >= 0.6 is 11.9 Å². The Hall–Kier alpha value is -2.96. The molecular formula is C18H20F3N5O3S. The van der Waals surface area contributed by atoms with E-state index in [-0.39, 0.29) is 36.4 Å².